The summed E-state index contributed by atoms with van der Waals surface area (Å²) in [4.78, 5) is 11.9. The summed E-state index contributed by atoms with van der Waals surface area (Å²) < 4.78 is 1.77. The lowest BCUT2D eigenvalue weighted by Gasteiger charge is -2.08. The van der Waals surface area contributed by atoms with Crippen molar-refractivity contribution in [3.05, 3.63) is 72.1 Å². The van der Waals surface area contributed by atoms with E-state index in [1.54, 1.807) is 22.9 Å². The molecule has 1 amide bonds. The highest BCUT2D eigenvalue weighted by atomic mass is 16.3. The third kappa shape index (κ3) is 3.24. The highest BCUT2D eigenvalue weighted by molar-refractivity contribution is 5.97. The highest BCUT2D eigenvalue weighted by Gasteiger charge is 2.13. The Morgan fingerprint density at radius 2 is 1.96 bits per heavy atom. The van der Waals surface area contributed by atoms with E-state index in [9.17, 15) is 15.2 Å². The third-order valence-corrected chi connectivity index (χ3v) is 3.89. The maximum atomic E-state index is 11.9. The molecule has 2 aromatic carbocycles. The van der Waals surface area contributed by atoms with Gasteiger partial charge in [-0.3, -0.25) is 4.79 Å². The Labute approximate surface area is 145 Å². The number of hydrogen-bond acceptors (Lipinski definition) is 3. The maximum Gasteiger partial charge on any atom is 0.255 e. The quantitative estimate of drug-likeness (QED) is 0.768. The molecular weight excluding hydrogens is 314 g/mol. The van der Waals surface area contributed by atoms with Crippen molar-refractivity contribution in [1.29, 1.82) is 5.26 Å². The molecule has 0 radical (unpaired) electrons. The minimum atomic E-state index is -0.318. The van der Waals surface area contributed by atoms with Gasteiger partial charge in [0.05, 0.1) is 11.1 Å². The molecule has 0 aliphatic carbocycles. The normalized spacial score (nSPS) is 10.2. The molecular formula is C20H17N3O2. The van der Waals surface area contributed by atoms with Crippen molar-refractivity contribution >= 4 is 5.91 Å². The zero-order chi connectivity index (χ0) is 17.8. The second-order valence-electron chi connectivity index (χ2n) is 5.53. The van der Waals surface area contributed by atoms with Crippen molar-refractivity contribution in [1.82, 2.24) is 9.88 Å². The van der Waals surface area contributed by atoms with E-state index in [2.05, 4.69) is 11.4 Å². The van der Waals surface area contributed by atoms with Gasteiger partial charge in [0.1, 0.15) is 11.8 Å². The van der Waals surface area contributed by atoms with Gasteiger partial charge in [0.2, 0.25) is 0 Å². The summed E-state index contributed by atoms with van der Waals surface area (Å²) >= 11 is 0. The molecule has 3 aromatic rings. The van der Waals surface area contributed by atoms with Crippen LogP contribution in [0.3, 0.4) is 0 Å². The molecule has 3 rings (SSSR count). The molecule has 0 atom stereocenters. The fourth-order valence-electron chi connectivity index (χ4n) is 2.67. The van der Waals surface area contributed by atoms with E-state index in [1.807, 2.05) is 43.5 Å². The van der Waals surface area contributed by atoms with Crippen LogP contribution in [0.4, 0.5) is 0 Å². The van der Waals surface area contributed by atoms with Gasteiger partial charge in [-0.25, -0.2) is 0 Å². The largest absolute Gasteiger partial charge is 0.507 e. The molecule has 1 aromatic heterocycles. The number of amides is 1. The number of phenolic OH excluding ortho intramolecular Hbond substituents is 1. The van der Waals surface area contributed by atoms with Gasteiger partial charge >= 0.3 is 0 Å². The molecule has 1 heterocycles. The summed E-state index contributed by atoms with van der Waals surface area (Å²) in [5.41, 5.74) is 3.20. The van der Waals surface area contributed by atoms with E-state index in [1.165, 1.54) is 6.07 Å². The lowest BCUT2D eigenvalue weighted by Crippen LogP contribution is -2.22. The molecule has 0 spiro atoms. The van der Waals surface area contributed by atoms with Gasteiger partial charge in [0.15, 0.2) is 0 Å². The van der Waals surface area contributed by atoms with Crippen LogP contribution in [0.5, 0.6) is 5.75 Å². The maximum absolute atomic E-state index is 11.9. The van der Waals surface area contributed by atoms with Crippen molar-refractivity contribution in [3.8, 4) is 28.6 Å². The third-order valence-electron chi connectivity index (χ3n) is 3.89. The van der Waals surface area contributed by atoms with Gasteiger partial charge in [-0.05, 0) is 24.6 Å². The number of carbonyl (C=O) groups excluding carboxylic acids is 1. The lowest BCUT2D eigenvalue weighted by atomic mass is 10.1. The number of benzene rings is 2. The number of rotatable bonds is 4. The van der Waals surface area contributed by atoms with E-state index in [0.29, 0.717) is 17.8 Å². The molecule has 0 bridgehead atoms. The number of hydrogen-bond donors (Lipinski definition) is 2. The number of phenols is 1. The Hall–Kier alpha value is -3.52. The van der Waals surface area contributed by atoms with Crippen LogP contribution < -0.4 is 5.32 Å². The first-order valence-corrected chi connectivity index (χ1v) is 7.93. The van der Waals surface area contributed by atoms with E-state index >= 15 is 0 Å². The molecule has 0 fully saturated rings. The van der Waals surface area contributed by atoms with Crippen LogP contribution in [0.1, 0.15) is 22.8 Å². The van der Waals surface area contributed by atoms with Gasteiger partial charge < -0.3 is 15.0 Å². The monoisotopic (exact) mass is 331 g/mol. The van der Waals surface area contributed by atoms with E-state index < -0.39 is 0 Å². The first-order valence-electron chi connectivity index (χ1n) is 7.93. The summed E-state index contributed by atoms with van der Waals surface area (Å²) in [6.07, 6.45) is 3.55. The Bertz CT molecular complexity index is 953. The number of aromatic hydroxyl groups is 1. The standard InChI is InChI=1S/C20H17N3O2/c1-2-22-20(25)17-9-8-16(10-19(17)24)23-12-15(11-21)18(13-23)14-6-4-3-5-7-14/h3-10,12-13,24H,2H2,1H3,(H,22,25). The smallest absolute Gasteiger partial charge is 0.255 e. The summed E-state index contributed by atoms with van der Waals surface area (Å²) in [5, 5.41) is 22.2. The Morgan fingerprint density at radius 1 is 1.20 bits per heavy atom. The minimum absolute atomic E-state index is 0.100. The SMILES string of the molecule is CCNC(=O)c1ccc(-n2cc(C#N)c(-c3ccccc3)c2)cc1O. The van der Waals surface area contributed by atoms with Crippen LogP contribution in [0, 0.1) is 11.3 Å². The van der Waals surface area contributed by atoms with Crippen LogP contribution in [-0.4, -0.2) is 22.1 Å². The Balaban J connectivity index is 2.01. The van der Waals surface area contributed by atoms with Crippen molar-refractivity contribution < 1.29 is 9.90 Å². The van der Waals surface area contributed by atoms with Crippen molar-refractivity contribution in [2.24, 2.45) is 0 Å². The van der Waals surface area contributed by atoms with Crippen molar-refractivity contribution in [2.75, 3.05) is 6.54 Å². The van der Waals surface area contributed by atoms with Gasteiger partial charge in [-0.15, -0.1) is 0 Å². The first-order chi connectivity index (χ1) is 12.1. The van der Waals surface area contributed by atoms with Gasteiger partial charge in [-0.1, -0.05) is 30.3 Å². The minimum Gasteiger partial charge on any atom is -0.507 e. The predicted octanol–water partition coefficient (Wildman–Crippen LogP) is 3.47. The summed E-state index contributed by atoms with van der Waals surface area (Å²) in [5.74, 6) is -0.418. The Morgan fingerprint density at radius 3 is 2.60 bits per heavy atom. The molecule has 0 unspecified atom stereocenters. The van der Waals surface area contributed by atoms with E-state index in [0.717, 1.165) is 11.1 Å². The number of nitrogens with one attached hydrogen (secondary N) is 1. The molecule has 0 aliphatic rings. The second kappa shape index (κ2) is 6.93. The van der Waals surface area contributed by atoms with Gasteiger partial charge in [0.25, 0.3) is 5.91 Å². The van der Waals surface area contributed by atoms with Crippen molar-refractivity contribution in [3.63, 3.8) is 0 Å². The first kappa shape index (κ1) is 16.3. The van der Waals surface area contributed by atoms with E-state index in [-0.39, 0.29) is 17.2 Å². The Kier molecular flexibility index (Phi) is 4.53. The number of nitriles is 1. The van der Waals surface area contributed by atoms with Crippen LogP contribution in [0.15, 0.2) is 60.9 Å². The molecule has 124 valence electrons. The average molecular weight is 331 g/mol. The lowest BCUT2D eigenvalue weighted by molar-refractivity contribution is 0.0953. The van der Waals surface area contributed by atoms with Gasteiger partial charge in [0, 0.05) is 36.3 Å². The molecule has 0 saturated heterocycles. The van der Waals surface area contributed by atoms with Crippen LogP contribution >= 0.6 is 0 Å². The number of nitrogens with zero attached hydrogens (tertiary/aromatic N) is 2. The molecule has 2 N–H and O–H groups in total. The van der Waals surface area contributed by atoms with Crippen molar-refractivity contribution in [2.45, 2.75) is 6.92 Å². The fraction of sp³-hybridized carbons (Fsp3) is 0.100. The summed E-state index contributed by atoms with van der Waals surface area (Å²) in [6, 6.07) is 16.7. The zero-order valence-electron chi connectivity index (χ0n) is 13.7. The predicted molar refractivity (Wildman–Crippen MR) is 95.6 cm³/mol. The molecule has 5 heteroatoms. The van der Waals surface area contributed by atoms with E-state index in [4.69, 9.17) is 0 Å². The summed E-state index contributed by atoms with van der Waals surface area (Å²) in [7, 11) is 0. The fourth-order valence-corrected chi connectivity index (χ4v) is 2.67. The second-order valence-corrected chi connectivity index (χ2v) is 5.53. The summed E-state index contributed by atoms with van der Waals surface area (Å²) in [6.45, 7) is 2.31. The number of carbonyl (C=O) groups is 1. The van der Waals surface area contributed by atoms with Crippen LogP contribution in [-0.2, 0) is 0 Å². The van der Waals surface area contributed by atoms with Crippen LogP contribution in [0.25, 0.3) is 16.8 Å². The molecule has 5 nitrogen and oxygen atoms in total. The molecule has 25 heavy (non-hydrogen) atoms. The molecule has 0 saturated carbocycles. The molecule has 0 aliphatic heterocycles. The zero-order valence-corrected chi connectivity index (χ0v) is 13.7. The highest BCUT2D eigenvalue weighted by Crippen LogP contribution is 2.28. The van der Waals surface area contributed by atoms with Gasteiger partial charge in [-0.2, -0.15) is 5.26 Å². The number of aromatic nitrogens is 1. The van der Waals surface area contributed by atoms with Crippen LogP contribution in [0.2, 0.25) is 0 Å². The topological polar surface area (TPSA) is 78.0 Å². The average Bonchev–Trinajstić information content (AvgIpc) is 3.07.